The van der Waals surface area contributed by atoms with E-state index < -0.39 is 39.0 Å². The second kappa shape index (κ2) is 13.2. The Bertz CT molecular complexity index is 1470. The molecule has 0 fully saturated rings. The molecule has 0 radical (unpaired) electrons. The van der Waals surface area contributed by atoms with E-state index in [0.717, 1.165) is 18.2 Å². The number of hydrogen-bond donors (Lipinski definition) is 3. The van der Waals surface area contributed by atoms with Gasteiger partial charge in [-0.05, 0) is 67.4 Å². The molecule has 1 amide bonds. The smallest absolute Gasteiger partial charge is 0.266 e. The lowest BCUT2D eigenvalue weighted by Crippen LogP contribution is -2.55. The summed E-state index contributed by atoms with van der Waals surface area (Å²) in [5, 5.41) is 8.93. The third-order valence-electron chi connectivity index (χ3n) is 6.60. The maximum Gasteiger partial charge on any atom is 0.266 e. The molecule has 4 rings (SSSR count). The van der Waals surface area contributed by atoms with Gasteiger partial charge < -0.3 is 14.6 Å². The van der Waals surface area contributed by atoms with Gasteiger partial charge in [0.05, 0.1) is 17.3 Å². The van der Waals surface area contributed by atoms with Gasteiger partial charge in [0, 0.05) is 31.2 Å². The number of benzene rings is 3. The van der Waals surface area contributed by atoms with Crippen LogP contribution >= 0.6 is 0 Å². The third kappa shape index (κ3) is 7.46. The molecule has 2 atom stereocenters. The van der Waals surface area contributed by atoms with E-state index in [1.807, 2.05) is 0 Å². The molecule has 1 aliphatic heterocycles. The van der Waals surface area contributed by atoms with Gasteiger partial charge in [-0.25, -0.2) is 27.6 Å². The highest BCUT2D eigenvalue weighted by atomic mass is 32.2. The molecule has 9 nitrogen and oxygen atoms in total. The highest BCUT2D eigenvalue weighted by molar-refractivity contribution is 7.91. The van der Waals surface area contributed by atoms with Crippen molar-refractivity contribution in [3.63, 3.8) is 0 Å². The van der Waals surface area contributed by atoms with E-state index in [4.69, 9.17) is 14.6 Å². The fourth-order valence-corrected chi connectivity index (χ4v) is 5.72. The number of carbonyl (C=O) groups excluding carboxylic acids is 1. The summed E-state index contributed by atoms with van der Waals surface area (Å²) in [6.45, 7) is 1.89. The summed E-state index contributed by atoms with van der Waals surface area (Å²) >= 11 is 0. The number of aliphatic hydroxyl groups is 1. The van der Waals surface area contributed by atoms with Crippen molar-refractivity contribution in [3.05, 3.63) is 95.6 Å². The highest BCUT2D eigenvalue weighted by Crippen LogP contribution is 2.33. The van der Waals surface area contributed by atoms with Gasteiger partial charge in [0.15, 0.2) is 15.4 Å². The summed E-state index contributed by atoms with van der Waals surface area (Å²) < 4.78 is 64.8. The van der Waals surface area contributed by atoms with Gasteiger partial charge in [0.25, 0.3) is 5.91 Å². The second-order valence-electron chi connectivity index (χ2n) is 9.52. The van der Waals surface area contributed by atoms with Crippen LogP contribution in [0.5, 0.6) is 5.75 Å². The van der Waals surface area contributed by atoms with Gasteiger partial charge >= 0.3 is 0 Å². The van der Waals surface area contributed by atoms with Gasteiger partial charge in [-0.3, -0.25) is 10.2 Å². The van der Waals surface area contributed by atoms with Gasteiger partial charge in [-0.15, -0.1) is 0 Å². The van der Waals surface area contributed by atoms with Gasteiger partial charge in [0.1, 0.15) is 23.5 Å². The van der Waals surface area contributed by atoms with Gasteiger partial charge in [-0.2, -0.15) is 0 Å². The van der Waals surface area contributed by atoms with Crippen LogP contribution in [0.25, 0.3) is 0 Å². The molecule has 3 aromatic rings. The molecule has 0 unspecified atom stereocenters. The largest absolute Gasteiger partial charge is 0.494 e. The molecular weight excluding hydrogens is 556 g/mol. The zero-order chi connectivity index (χ0) is 29.5. The summed E-state index contributed by atoms with van der Waals surface area (Å²) in [6, 6.07) is 17.7. The zero-order valence-corrected chi connectivity index (χ0v) is 23.2. The van der Waals surface area contributed by atoms with Crippen molar-refractivity contribution in [2.75, 3.05) is 19.0 Å². The Morgan fingerprint density at radius 1 is 1.07 bits per heavy atom. The van der Waals surface area contributed by atoms with Crippen molar-refractivity contribution in [1.29, 1.82) is 0 Å². The van der Waals surface area contributed by atoms with Crippen LogP contribution in [-0.4, -0.2) is 55.9 Å². The minimum absolute atomic E-state index is 0.0126. The summed E-state index contributed by atoms with van der Waals surface area (Å²) in [5.74, 6) is -1.84. The minimum Gasteiger partial charge on any atom is -0.494 e. The summed E-state index contributed by atoms with van der Waals surface area (Å²) in [4.78, 5) is 18.3. The first-order valence-electron chi connectivity index (χ1n) is 13.0. The van der Waals surface area contributed by atoms with Crippen molar-refractivity contribution in [1.82, 2.24) is 10.9 Å². The van der Waals surface area contributed by atoms with Crippen LogP contribution in [-0.2, 0) is 25.9 Å². The van der Waals surface area contributed by atoms with E-state index in [-0.39, 0.29) is 41.7 Å². The molecule has 218 valence electrons. The third-order valence-corrected chi connectivity index (χ3v) is 8.33. The van der Waals surface area contributed by atoms with Crippen LogP contribution in [0.3, 0.4) is 0 Å². The molecular formula is C29H31F2N3O6S. The number of nitrogens with one attached hydrogen (secondary N) is 2. The topological polar surface area (TPSA) is 126 Å². The number of carbonyl (C=O) groups is 1. The number of hydrazine groups is 1. The normalized spacial score (nSPS) is 18.4. The van der Waals surface area contributed by atoms with Crippen LogP contribution in [0.4, 0.5) is 8.78 Å². The van der Waals surface area contributed by atoms with Crippen molar-refractivity contribution in [2.24, 2.45) is 4.99 Å². The number of ether oxygens (including phenoxy) is 2. The number of rotatable bonds is 13. The standard InChI is InChI=1S/C29H31F2N3O6S/c1-20-29(12-15-41(37,38)26-6-3-2-4-7-26,28(36)34-32-19-21-16-23(30)18-24(31)17-21)33-27(40-20)22-8-10-25(11-9-22)39-14-5-13-35/h2-4,6-11,16-18,20,32,35H,5,12-15,19H2,1H3,(H,34,36)/t20-,29-/m0/s1. The van der Waals surface area contributed by atoms with Crippen molar-refractivity contribution in [2.45, 2.75) is 42.8 Å². The van der Waals surface area contributed by atoms with Crippen molar-refractivity contribution < 1.29 is 36.6 Å². The Labute approximate surface area is 237 Å². The predicted molar refractivity (Wildman–Crippen MR) is 148 cm³/mol. The first-order valence-corrected chi connectivity index (χ1v) is 14.6. The van der Waals surface area contributed by atoms with E-state index in [1.165, 1.54) is 12.1 Å². The lowest BCUT2D eigenvalue weighted by atomic mass is 9.90. The molecule has 1 heterocycles. The van der Waals surface area contributed by atoms with Crippen molar-refractivity contribution in [3.8, 4) is 5.75 Å². The van der Waals surface area contributed by atoms with E-state index in [1.54, 1.807) is 49.4 Å². The zero-order valence-electron chi connectivity index (χ0n) is 22.3. The van der Waals surface area contributed by atoms with Crippen LogP contribution in [0.2, 0.25) is 0 Å². The maximum atomic E-state index is 13.6. The lowest BCUT2D eigenvalue weighted by molar-refractivity contribution is -0.129. The summed E-state index contributed by atoms with van der Waals surface area (Å²) in [5.41, 5.74) is 4.34. The average molecular weight is 588 g/mol. The molecule has 0 saturated carbocycles. The Kier molecular flexibility index (Phi) is 9.69. The Morgan fingerprint density at radius 2 is 1.76 bits per heavy atom. The molecule has 0 bridgehead atoms. The minimum atomic E-state index is -3.76. The molecule has 0 spiro atoms. The van der Waals surface area contributed by atoms with Gasteiger partial charge in [0.2, 0.25) is 5.90 Å². The van der Waals surface area contributed by atoms with Crippen LogP contribution in [0, 0.1) is 11.6 Å². The van der Waals surface area contributed by atoms with Crippen LogP contribution in [0.1, 0.15) is 30.9 Å². The second-order valence-corrected chi connectivity index (χ2v) is 11.6. The Hall–Kier alpha value is -3.87. The summed E-state index contributed by atoms with van der Waals surface area (Å²) in [7, 11) is -3.76. The number of halogens is 2. The fourth-order valence-electron chi connectivity index (χ4n) is 4.34. The highest BCUT2D eigenvalue weighted by Gasteiger charge is 2.50. The van der Waals surface area contributed by atoms with E-state index in [9.17, 15) is 22.0 Å². The molecule has 41 heavy (non-hydrogen) atoms. The number of amides is 1. The SMILES string of the molecule is C[C@@H]1OC(c2ccc(OCCCO)cc2)=N[C@]1(CCS(=O)(=O)c1ccccc1)C(=O)NNCc1cc(F)cc(F)c1. The van der Waals surface area contributed by atoms with Crippen LogP contribution in [0.15, 0.2) is 82.7 Å². The first kappa shape index (κ1) is 30.1. The van der Waals surface area contributed by atoms with E-state index in [2.05, 4.69) is 15.8 Å². The average Bonchev–Trinajstić information content (AvgIpc) is 3.29. The molecule has 0 aliphatic carbocycles. The Morgan fingerprint density at radius 3 is 2.41 bits per heavy atom. The van der Waals surface area contributed by atoms with Gasteiger partial charge in [-0.1, -0.05) is 18.2 Å². The molecule has 0 saturated heterocycles. The number of aliphatic imine (C=N–C) groups is 1. The van der Waals surface area contributed by atoms with Crippen molar-refractivity contribution >= 4 is 21.6 Å². The molecule has 0 aromatic heterocycles. The number of aliphatic hydroxyl groups excluding tert-OH is 1. The lowest BCUT2D eigenvalue weighted by Gasteiger charge is -2.28. The predicted octanol–water partition coefficient (Wildman–Crippen LogP) is 3.32. The fraction of sp³-hybridized carbons (Fsp3) is 0.310. The quantitative estimate of drug-likeness (QED) is 0.207. The Balaban J connectivity index is 1.56. The summed E-state index contributed by atoms with van der Waals surface area (Å²) in [6.07, 6.45) is -0.558. The number of nitrogens with zero attached hydrogens (tertiary/aromatic N) is 1. The monoisotopic (exact) mass is 587 g/mol. The van der Waals surface area contributed by atoms with E-state index in [0.29, 0.717) is 24.3 Å². The maximum absolute atomic E-state index is 13.6. The van der Waals surface area contributed by atoms with Crippen LogP contribution < -0.4 is 15.6 Å². The molecule has 12 heteroatoms. The molecule has 3 N–H and O–H groups in total. The molecule has 3 aromatic carbocycles. The van der Waals surface area contributed by atoms with E-state index >= 15 is 0 Å². The number of sulfone groups is 1. The molecule has 1 aliphatic rings. The first-order chi connectivity index (χ1) is 19.6. The number of hydrogen-bond acceptors (Lipinski definition) is 8.